The van der Waals surface area contributed by atoms with Crippen molar-refractivity contribution in [3.63, 3.8) is 0 Å². The van der Waals surface area contributed by atoms with E-state index in [-0.39, 0.29) is 0 Å². The van der Waals surface area contributed by atoms with Crippen LogP contribution in [-0.2, 0) is 4.74 Å². The zero-order chi connectivity index (χ0) is 6.27. The molecule has 1 fully saturated rings. The molecule has 0 aromatic rings. The first-order chi connectivity index (χ1) is 4.38. The molecule has 3 nitrogen and oxygen atoms in total. The van der Waals surface area contributed by atoms with Crippen molar-refractivity contribution in [1.29, 1.82) is 0 Å². The van der Waals surface area contributed by atoms with Crippen molar-refractivity contribution in [2.75, 3.05) is 20.1 Å². The molecule has 0 radical (unpaired) electrons. The number of ether oxygens (including phenoxy) is 1. The Hall–Kier alpha value is -0.410. The Morgan fingerprint density at radius 3 is 3.56 bits per heavy atom. The van der Waals surface area contributed by atoms with Gasteiger partial charge >= 0.3 is 0 Å². The normalized spacial score (nSPS) is 41.9. The third-order valence-corrected chi connectivity index (χ3v) is 1.77. The summed E-state index contributed by atoms with van der Waals surface area (Å²) in [5.74, 6) is 0. The van der Waals surface area contributed by atoms with Gasteiger partial charge in [-0.25, -0.2) is 0 Å². The lowest BCUT2D eigenvalue weighted by Gasteiger charge is -2.08. The van der Waals surface area contributed by atoms with Crippen LogP contribution in [0.2, 0.25) is 0 Å². The maximum atomic E-state index is 5.25. The molecule has 2 rings (SSSR count). The monoisotopic (exact) mass is 126 g/mol. The number of likely N-dealkylation sites (N-methyl/N-ethyl adjacent to an activating group) is 1. The van der Waals surface area contributed by atoms with Crippen LogP contribution < -0.4 is 0 Å². The summed E-state index contributed by atoms with van der Waals surface area (Å²) in [6, 6.07) is 0. The Labute approximate surface area is 54.3 Å². The summed E-state index contributed by atoms with van der Waals surface area (Å²) in [4.78, 5) is 6.34. The molecule has 2 heterocycles. The third kappa shape index (κ3) is 0.862. The molecule has 0 N–H and O–H groups in total. The highest BCUT2D eigenvalue weighted by Crippen LogP contribution is 2.24. The quantitative estimate of drug-likeness (QED) is 0.418. The minimum atomic E-state index is 0.303. The average molecular weight is 126 g/mol. The van der Waals surface area contributed by atoms with Crippen molar-refractivity contribution < 1.29 is 4.74 Å². The van der Waals surface area contributed by atoms with Crippen LogP contribution in [-0.4, -0.2) is 43.6 Å². The third-order valence-electron chi connectivity index (χ3n) is 1.77. The first-order valence-electron chi connectivity index (χ1n) is 3.23. The van der Waals surface area contributed by atoms with Gasteiger partial charge in [0.25, 0.3) is 0 Å². The maximum absolute atomic E-state index is 5.25. The highest BCUT2D eigenvalue weighted by molar-refractivity contribution is 5.67. The Balaban J connectivity index is 2.06. The summed E-state index contributed by atoms with van der Waals surface area (Å²) in [5.41, 5.74) is 0. The highest BCUT2D eigenvalue weighted by Gasteiger charge is 2.41. The van der Waals surface area contributed by atoms with Gasteiger partial charge in [-0.2, -0.15) is 0 Å². The van der Waals surface area contributed by atoms with Crippen LogP contribution in [0.1, 0.15) is 0 Å². The van der Waals surface area contributed by atoms with E-state index in [4.69, 9.17) is 4.74 Å². The van der Waals surface area contributed by atoms with Crippen molar-refractivity contribution in [3.05, 3.63) is 0 Å². The number of aliphatic imine (C=N–C) groups is 1. The molecule has 3 heteroatoms. The predicted octanol–water partition coefficient (Wildman–Crippen LogP) is -0.273. The predicted molar refractivity (Wildman–Crippen MR) is 34.6 cm³/mol. The standard InChI is InChI=1S/C6H10N2O/c1-8-3-2-7-4-5-6(8)9-5/h4-6H,2-3H2,1H3. The molecule has 2 atom stereocenters. The number of nitrogens with zero attached hydrogens (tertiary/aromatic N) is 2. The van der Waals surface area contributed by atoms with Crippen LogP contribution >= 0.6 is 0 Å². The van der Waals surface area contributed by atoms with E-state index in [0.29, 0.717) is 12.3 Å². The molecule has 0 aromatic heterocycles. The van der Waals surface area contributed by atoms with E-state index >= 15 is 0 Å². The average Bonchev–Trinajstić information content (AvgIpc) is 2.55. The second-order valence-corrected chi connectivity index (χ2v) is 2.53. The fourth-order valence-electron chi connectivity index (χ4n) is 1.10. The number of hydrogen-bond donors (Lipinski definition) is 0. The topological polar surface area (TPSA) is 28.1 Å². The van der Waals surface area contributed by atoms with Gasteiger partial charge in [-0.3, -0.25) is 9.89 Å². The van der Waals surface area contributed by atoms with E-state index in [2.05, 4.69) is 16.9 Å². The van der Waals surface area contributed by atoms with Crippen LogP contribution in [0.5, 0.6) is 0 Å². The van der Waals surface area contributed by atoms with Crippen molar-refractivity contribution >= 4 is 6.21 Å². The van der Waals surface area contributed by atoms with Crippen LogP contribution in [0.15, 0.2) is 4.99 Å². The molecule has 2 unspecified atom stereocenters. The van der Waals surface area contributed by atoms with Gasteiger partial charge in [-0.1, -0.05) is 0 Å². The minimum absolute atomic E-state index is 0.303. The minimum Gasteiger partial charge on any atom is -0.347 e. The van der Waals surface area contributed by atoms with Gasteiger partial charge < -0.3 is 4.74 Å². The Morgan fingerprint density at radius 1 is 1.78 bits per heavy atom. The molecule has 2 aliphatic rings. The molecule has 0 spiro atoms. The lowest BCUT2D eigenvalue weighted by molar-refractivity contribution is 0.215. The van der Waals surface area contributed by atoms with Crippen molar-refractivity contribution in [1.82, 2.24) is 4.90 Å². The Bertz CT molecular complexity index is 146. The highest BCUT2D eigenvalue weighted by atomic mass is 16.6. The number of rotatable bonds is 0. The molecular formula is C6H10N2O. The largest absolute Gasteiger partial charge is 0.347 e. The molecule has 0 saturated carbocycles. The van der Waals surface area contributed by atoms with Crippen molar-refractivity contribution in [3.8, 4) is 0 Å². The van der Waals surface area contributed by atoms with Gasteiger partial charge in [-0.05, 0) is 7.05 Å². The van der Waals surface area contributed by atoms with E-state index in [0.717, 1.165) is 13.1 Å². The SMILES string of the molecule is CN1CCN=CC2OC21. The summed E-state index contributed by atoms with van der Waals surface area (Å²) >= 11 is 0. The van der Waals surface area contributed by atoms with Gasteiger partial charge in [0.15, 0.2) is 0 Å². The number of fused-ring (bicyclic) bond motifs is 1. The molecule has 0 bridgehead atoms. The summed E-state index contributed by atoms with van der Waals surface area (Å²) in [5, 5.41) is 0. The van der Waals surface area contributed by atoms with E-state index < -0.39 is 0 Å². The van der Waals surface area contributed by atoms with Crippen LogP contribution in [0.3, 0.4) is 0 Å². The second kappa shape index (κ2) is 1.78. The lowest BCUT2D eigenvalue weighted by Crippen LogP contribution is -2.24. The second-order valence-electron chi connectivity index (χ2n) is 2.53. The van der Waals surface area contributed by atoms with Gasteiger partial charge in [-0.15, -0.1) is 0 Å². The molecule has 50 valence electrons. The molecule has 9 heavy (non-hydrogen) atoms. The first-order valence-corrected chi connectivity index (χ1v) is 3.23. The first kappa shape index (κ1) is 5.38. The fraction of sp³-hybridized carbons (Fsp3) is 0.833. The molecule has 0 amide bonds. The maximum Gasteiger partial charge on any atom is 0.143 e. The zero-order valence-electron chi connectivity index (χ0n) is 5.45. The van der Waals surface area contributed by atoms with Gasteiger partial charge in [0.2, 0.25) is 0 Å². The lowest BCUT2D eigenvalue weighted by atomic mass is 10.4. The van der Waals surface area contributed by atoms with Gasteiger partial charge in [0.1, 0.15) is 12.3 Å². The van der Waals surface area contributed by atoms with E-state index in [1.165, 1.54) is 0 Å². The number of epoxide rings is 1. The summed E-state index contributed by atoms with van der Waals surface area (Å²) in [7, 11) is 2.07. The fourth-order valence-corrected chi connectivity index (χ4v) is 1.10. The Kier molecular flexibility index (Phi) is 1.07. The van der Waals surface area contributed by atoms with Crippen molar-refractivity contribution in [2.45, 2.75) is 12.3 Å². The van der Waals surface area contributed by atoms with E-state index in [1.54, 1.807) is 0 Å². The molecular weight excluding hydrogens is 116 g/mol. The molecule has 0 aliphatic carbocycles. The van der Waals surface area contributed by atoms with E-state index in [1.807, 2.05) is 6.21 Å². The zero-order valence-corrected chi connectivity index (χ0v) is 5.45. The molecule has 1 saturated heterocycles. The smallest absolute Gasteiger partial charge is 0.143 e. The van der Waals surface area contributed by atoms with Crippen LogP contribution in [0.4, 0.5) is 0 Å². The number of hydrogen-bond acceptors (Lipinski definition) is 3. The summed E-state index contributed by atoms with van der Waals surface area (Å²) in [6.07, 6.45) is 2.56. The summed E-state index contributed by atoms with van der Waals surface area (Å²) < 4.78 is 5.25. The van der Waals surface area contributed by atoms with Crippen molar-refractivity contribution in [2.24, 2.45) is 4.99 Å². The Morgan fingerprint density at radius 2 is 2.67 bits per heavy atom. The molecule has 0 aromatic carbocycles. The van der Waals surface area contributed by atoms with Crippen LogP contribution in [0.25, 0.3) is 0 Å². The van der Waals surface area contributed by atoms with Crippen LogP contribution in [0, 0.1) is 0 Å². The summed E-state index contributed by atoms with van der Waals surface area (Å²) in [6.45, 7) is 1.95. The van der Waals surface area contributed by atoms with E-state index in [9.17, 15) is 0 Å². The van der Waals surface area contributed by atoms with Gasteiger partial charge in [0, 0.05) is 12.8 Å². The van der Waals surface area contributed by atoms with Gasteiger partial charge in [0.05, 0.1) is 6.54 Å². The molecule has 2 aliphatic heterocycles.